The highest BCUT2D eigenvalue weighted by atomic mass is 35.5. The smallest absolute Gasteiger partial charge is 0.316 e. The molecule has 0 N–H and O–H groups in total. The molecule has 0 saturated carbocycles. The van der Waals surface area contributed by atoms with Crippen LogP contribution in [0.2, 0.25) is 5.02 Å². The molecule has 1 aromatic carbocycles. The molecule has 0 aliphatic carbocycles. The molecule has 1 aliphatic rings. The van der Waals surface area contributed by atoms with Crippen LogP contribution in [0.1, 0.15) is 26.3 Å². The number of aliphatic imine (C=N–C) groups is 1. The van der Waals surface area contributed by atoms with E-state index in [1.807, 2.05) is 32.9 Å². The first-order valence-corrected chi connectivity index (χ1v) is 9.04. The summed E-state index contributed by atoms with van der Waals surface area (Å²) in [5, 5.41) is 0.503. The standard InChI is InChI=1S/C16H16ClNO3S2/c1-16(2,3)21-13(19)9-22-15-18-12(14(20)23-15)8-10-4-6-11(17)7-5-10/h4-8H,9H2,1-3H3. The number of hydrogen-bond donors (Lipinski definition) is 0. The SMILES string of the molecule is CC(C)(C)OC(=O)CSC1=NC(=Cc2ccc(Cl)cc2)C(=O)S1. The van der Waals surface area contributed by atoms with E-state index in [2.05, 4.69) is 4.99 Å². The van der Waals surface area contributed by atoms with E-state index in [9.17, 15) is 9.59 Å². The molecule has 1 heterocycles. The summed E-state index contributed by atoms with van der Waals surface area (Å²) in [5.74, 6) is -0.196. The Bertz CT molecular complexity index is 676. The number of benzene rings is 1. The molecule has 122 valence electrons. The fourth-order valence-corrected chi connectivity index (χ4v) is 3.40. The maximum atomic E-state index is 12.0. The first-order valence-electron chi connectivity index (χ1n) is 6.86. The van der Waals surface area contributed by atoms with Crippen molar-refractivity contribution >= 4 is 56.7 Å². The minimum atomic E-state index is -0.516. The largest absolute Gasteiger partial charge is 0.459 e. The van der Waals surface area contributed by atoms with Gasteiger partial charge in [-0.15, -0.1) is 0 Å². The average molecular weight is 370 g/mol. The van der Waals surface area contributed by atoms with Gasteiger partial charge in [0.05, 0.1) is 5.75 Å². The summed E-state index contributed by atoms with van der Waals surface area (Å²) in [4.78, 5) is 27.9. The molecule has 0 radical (unpaired) electrons. The molecule has 1 aliphatic heterocycles. The number of carbonyl (C=O) groups is 2. The van der Waals surface area contributed by atoms with Crippen molar-refractivity contribution in [3.05, 3.63) is 40.5 Å². The molecule has 0 spiro atoms. The lowest BCUT2D eigenvalue weighted by molar-refractivity contribution is -0.151. The van der Waals surface area contributed by atoms with Gasteiger partial charge in [-0.05, 0) is 56.3 Å². The lowest BCUT2D eigenvalue weighted by Gasteiger charge is -2.19. The summed E-state index contributed by atoms with van der Waals surface area (Å²) in [5.41, 5.74) is 0.696. The van der Waals surface area contributed by atoms with E-state index in [1.54, 1.807) is 18.2 Å². The molecule has 4 nitrogen and oxygen atoms in total. The van der Waals surface area contributed by atoms with Crippen molar-refractivity contribution in [1.29, 1.82) is 0 Å². The third-order valence-electron chi connectivity index (χ3n) is 2.51. The Morgan fingerprint density at radius 3 is 2.61 bits per heavy atom. The predicted molar refractivity (Wildman–Crippen MR) is 97.8 cm³/mol. The Balaban J connectivity index is 1.98. The molecule has 0 atom stereocenters. The number of hydrogen-bond acceptors (Lipinski definition) is 6. The first-order chi connectivity index (χ1) is 10.7. The van der Waals surface area contributed by atoms with Crippen LogP contribution >= 0.6 is 35.1 Å². The van der Waals surface area contributed by atoms with Gasteiger partial charge in [0.15, 0.2) is 0 Å². The number of thioether (sulfide) groups is 2. The summed E-state index contributed by atoms with van der Waals surface area (Å²) >= 11 is 8.07. The number of carbonyl (C=O) groups excluding carboxylic acids is 2. The third kappa shape index (κ3) is 6.05. The molecule has 0 unspecified atom stereocenters. The minimum Gasteiger partial charge on any atom is -0.459 e. The second-order valence-electron chi connectivity index (χ2n) is 5.72. The molecule has 0 fully saturated rings. The van der Waals surface area contributed by atoms with Crippen molar-refractivity contribution in [2.75, 3.05) is 5.75 Å². The van der Waals surface area contributed by atoms with Crippen molar-refractivity contribution in [1.82, 2.24) is 0 Å². The van der Waals surface area contributed by atoms with E-state index in [4.69, 9.17) is 16.3 Å². The summed E-state index contributed by atoms with van der Waals surface area (Å²) in [6.45, 7) is 5.44. The van der Waals surface area contributed by atoms with Crippen molar-refractivity contribution in [3.8, 4) is 0 Å². The van der Waals surface area contributed by atoms with Crippen LogP contribution in [0.4, 0.5) is 0 Å². The zero-order valence-corrected chi connectivity index (χ0v) is 15.3. The second kappa shape index (κ2) is 7.55. The van der Waals surface area contributed by atoms with Crippen LogP contribution in [0.15, 0.2) is 35.0 Å². The molecule has 2 rings (SSSR count). The van der Waals surface area contributed by atoms with Crippen molar-refractivity contribution < 1.29 is 14.3 Å². The van der Waals surface area contributed by atoms with Gasteiger partial charge in [0.1, 0.15) is 15.7 Å². The molecule has 0 aromatic heterocycles. The number of halogens is 1. The van der Waals surface area contributed by atoms with Crippen LogP contribution in [0.3, 0.4) is 0 Å². The Kier molecular flexibility index (Phi) is 5.95. The quantitative estimate of drug-likeness (QED) is 0.584. The normalized spacial score (nSPS) is 16.6. The zero-order chi connectivity index (χ0) is 17.0. The van der Waals surface area contributed by atoms with Crippen LogP contribution in [-0.4, -0.2) is 26.8 Å². The van der Waals surface area contributed by atoms with Crippen molar-refractivity contribution in [3.63, 3.8) is 0 Å². The van der Waals surface area contributed by atoms with Gasteiger partial charge in [-0.2, -0.15) is 0 Å². The van der Waals surface area contributed by atoms with Crippen LogP contribution in [0.5, 0.6) is 0 Å². The summed E-state index contributed by atoms with van der Waals surface area (Å²) < 4.78 is 5.78. The highest BCUT2D eigenvalue weighted by Gasteiger charge is 2.24. The Hall–Kier alpha value is -1.24. The molecular formula is C16H16ClNO3S2. The molecule has 23 heavy (non-hydrogen) atoms. The highest BCUT2D eigenvalue weighted by Crippen LogP contribution is 2.31. The molecule has 1 aromatic rings. The summed E-state index contributed by atoms with van der Waals surface area (Å²) in [6, 6.07) is 7.13. The summed E-state index contributed by atoms with van der Waals surface area (Å²) in [6.07, 6.45) is 1.70. The zero-order valence-electron chi connectivity index (χ0n) is 13.0. The second-order valence-corrected chi connectivity index (χ2v) is 8.34. The number of ether oxygens (including phenoxy) is 1. The lowest BCUT2D eigenvalue weighted by Crippen LogP contribution is -2.25. The van der Waals surface area contributed by atoms with Gasteiger partial charge in [-0.25, -0.2) is 4.99 Å². The Morgan fingerprint density at radius 1 is 1.35 bits per heavy atom. The number of esters is 1. The van der Waals surface area contributed by atoms with E-state index in [0.29, 0.717) is 15.1 Å². The molecular weight excluding hydrogens is 354 g/mol. The fourth-order valence-electron chi connectivity index (χ4n) is 1.66. The van der Waals surface area contributed by atoms with Crippen molar-refractivity contribution in [2.45, 2.75) is 26.4 Å². The monoisotopic (exact) mass is 369 g/mol. The first kappa shape index (κ1) is 18.1. The molecule has 0 amide bonds. The average Bonchev–Trinajstić information content (AvgIpc) is 2.78. The van der Waals surface area contributed by atoms with Gasteiger partial charge in [0, 0.05) is 5.02 Å². The topological polar surface area (TPSA) is 55.7 Å². The maximum Gasteiger partial charge on any atom is 0.316 e. The van der Waals surface area contributed by atoms with Crippen LogP contribution < -0.4 is 0 Å². The Morgan fingerprint density at radius 2 is 2.00 bits per heavy atom. The van der Waals surface area contributed by atoms with Gasteiger partial charge in [-0.1, -0.05) is 35.5 Å². The van der Waals surface area contributed by atoms with Gasteiger partial charge in [-0.3, -0.25) is 9.59 Å². The molecule has 0 saturated heterocycles. The van der Waals surface area contributed by atoms with Gasteiger partial charge >= 0.3 is 5.97 Å². The maximum absolute atomic E-state index is 12.0. The number of rotatable bonds is 3. The third-order valence-corrected chi connectivity index (χ3v) is 4.74. The fraction of sp³-hybridized carbons (Fsp3) is 0.312. The number of nitrogens with zero attached hydrogens (tertiary/aromatic N) is 1. The lowest BCUT2D eigenvalue weighted by atomic mass is 10.2. The van der Waals surface area contributed by atoms with E-state index < -0.39 is 5.60 Å². The van der Waals surface area contributed by atoms with Gasteiger partial charge < -0.3 is 4.74 Å². The van der Waals surface area contributed by atoms with Crippen LogP contribution in [0, 0.1) is 0 Å². The predicted octanol–water partition coefficient (Wildman–Crippen LogP) is 4.39. The van der Waals surface area contributed by atoms with E-state index in [-0.39, 0.29) is 16.8 Å². The summed E-state index contributed by atoms with van der Waals surface area (Å²) in [7, 11) is 0. The van der Waals surface area contributed by atoms with Gasteiger partial charge in [0.25, 0.3) is 0 Å². The van der Waals surface area contributed by atoms with E-state index in [1.165, 1.54) is 11.8 Å². The molecule has 0 bridgehead atoms. The minimum absolute atomic E-state index is 0.130. The van der Waals surface area contributed by atoms with Crippen LogP contribution in [-0.2, 0) is 14.3 Å². The van der Waals surface area contributed by atoms with E-state index in [0.717, 1.165) is 17.3 Å². The van der Waals surface area contributed by atoms with E-state index >= 15 is 0 Å². The molecule has 7 heteroatoms. The highest BCUT2D eigenvalue weighted by molar-refractivity contribution is 8.45. The van der Waals surface area contributed by atoms with Crippen LogP contribution in [0.25, 0.3) is 6.08 Å². The van der Waals surface area contributed by atoms with Gasteiger partial charge in [0.2, 0.25) is 5.12 Å². The Labute approximate surface area is 148 Å². The van der Waals surface area contributed by atoms with Crippen molar-refractivity contribution in [2.24, 2.45) is 4.99 Å².